The molecular weight excluding hydrogens is 234 g/mol. The van der Waals surface area contributed by atoms with Gasteiger partial charge in [-0.15, -0.1) is 0 Å². The molecular formula is C12H15N3O3. The number of nitrogens with zero attached hydrogens (tertiary/aromatic N) is 3. The van der Waals surface area contributed by atoms with Crippen molar-refractivity contribution in [1.82, 2.24) is 15.0 Å². The Balaban J connectivity index is 2.21. The average Bonchev–Trinajstić information content (AvgIpc) is 2.78. The molecule has 0 saturated carbocycles. The molecule has 0 aliphatic carbocycles. The Kier molecular flexibility index (Phi) is 3.47. The molecule has 0 atom stereocenters. The summed E-state index contributed by atoms with van der Waals surface area (Å²) in [5, 5.41) is 22.9. The molecule has 0 amide bonds. The number of aromatic nitrogens is 2. The van der Waals surface area contributed by atoms with E-state index in [1.807, 2.05) is 19.0 Å². The van der Waals surface area contributed by atoms with Crippen molar-refractivity contribution in [3.05, 3.63) is 24.0 Å². The Morgan fingerprint density at radius 2 is 2.06 bits per heavy atom. The van der Waals surface area contributed by atoms with Gasteiger partial charge in [0.2, 0.25) is 0 Å². The smallest absolute Gasteiger partial charge is 0.261 e. The minimum absolute atomic E-state index is 0.206. The monoisotopic (exact) mass is 249 g/mol. The minimum Gasteiger partial charge on any atom is -0.504 e. The van der Waals surface area contributed by atoms with Crippen LogP contribution in [0.3, 0.4) is 0 Å². The normalized spacial score (nSPS) is 11.1. The van der Waals surface area contributed by atoms with E-state index in [9.17, 15) is 10.2 Å². The number of rotatable bonds is 4. The van der Waals surface area contributed by atoms with Crippen LogP contribution in [0.5, 0.6) is 11.5 Å². The van der Waals surface area contributed by atoms with Crippen LogP contribution >= 0.6 is 0 Å². The maximum Gasteiger partial charge on any atom is 0.261 e. The average molecular weight is 249 g/mol. The molecule has 2 N–H and O–H groups in total. The lowest BCUT2D eigenvalue weighted by Crippen LogP contribution is -2.15. The topological polar surface area (TPSA) is 82.6 Å². The van der Waals surface area contributed by atoms with Gasteiger partial charge in [0.25, 0.3) is 5.89 Å². The van der Waals surface area contributed by atoms with Crippen molar-refractivity contribution in [2.45, 2.75) is 6.42 Å². The third kappa shape index (κ3) is 2.60. The summed E-state index contributed by atoms with van der Waals surface area (Å²) in [6.07, 6.45) is 0.663. The summed E-state index contributed by atoms with van der Waals surface area (Å²) >= 11 is 0. The van der Waals surface area contributed by atoms with E-state index in [-0.39, 0.29) is 17.4 Å². The predicted molar refractivity (Wildman–Crippen MR) is 65.3 cm³/mol. The van der Waals surface area contributed by atoms with Crippen molar-refractivity contribution in [3.63, 3.8) is 0 Å². The van der Waals surface area contributed by atoms with Crippen LogP contribution < -0.4 is 0 Å². The van der Waals surface area contributed by atoms with Crippen molar-refractivity contribution >= 4 is 0 Å². The molecule has 0 spiro atoms. The van der Waals surface area contributed by atoms with Gasteiger partial charge in [0, 0.05) is 13.0 Å². The Hall–Kier alpha value is -2.08. The van der Waals surface area contributed by atoms with Gasteiger partial charge in [-0.2, -0.15) is 4.98 Å². The van der Waals surface area contributed by atoms with Gasteiger partial charge in [-0.05, 0) is 26.2 Å². The van der Waals surface area contributed by atoms with Crippen LogP contribution in [-0.2, 0) is 6.42 Å². The van der Waals surface area contributed by atoms with E-state index in [0.717, 1.165) is 6.54 Å². The Morgan fingerprint density at radius 1 is 1.28 bits per heavy atom. The highest BCUT2D eigenvalue weighted by Gasteiger charge is 2.14. The van der Waals surface area contributed by atoms with E-state index in [0.29, 0.717) is 17.8 Å². The second-order valence-corrected chi connectivity index (χ2v) is 4.24. The van der Waals surface area contributed by atoms with Crippen LogP contribution in [0.15, 0.2) is 22.7 Å². The van der Waals surface area contributed by atoms with Gasteiger partial charge in [0.1, 0.15) is 0 Å². The van der Waals surface area contributed by atoms with Crippen molar-refractivity contribution in [2.24, 2.45) is 0 Å². The molecule has 0 aliphatic heterocycles. The first-order valence-corrected chi connectivity index (χ1v) is 5.56. The second-order valence-electron chi connectivity index (χ2n) is 4.24. The molecule has 1 heterocycles. The van der Waals surface area contributed by atoms with Crippen molar-refractivity contribution in [2.75, 3.05) is 20.6 Å². The van der Waals surface area contributed by atoms with Gasteiger partial charge in [-0.3, -0.25) is 0 Å². The van der Waals surface area contributed by atoms with Gasteiger partial charge in [-0.1, -0.05) is 11.2 Å². The van der Waals surface area contributed by atoms with Crippen molar-refractivity contribution in [3.8, 4) is 23.0 Å². The lowest BCUT2D eigenvalue weighted by molar-refractivity contribution is 0.387. The van der Waals surface area contributed by atoms with Crippen LogP contribution in [0, 0.1) is 0 Å². The highest BCUT2D eigenvalue weighted by Crippen LogP contribution is 2.34. The van der Waals surface area contributed by atoms with Crippen LogP contribution in [0.25, 0.3) is 11.5 Å². The molecule has 1 aromatic heterocycles. The lowest BCUT2D eigenvalue weighted by atomic mass is 10.2. The summed E-state index contributed by atoms with van der Waals surface area (Å²) in [6.45, 7) is 0.811. The number of benzene rings is 1. The lowest BCUT2D eigenvalue weighted by Gasteiger charge is -2.05. The molecule has 6 nitrogen and oxygen atoms in total. The fourth-order valence-electron chi connectivity index (χ4n) is 1.49. The van der Waals surface area contributed by atoms with Gasteiger partial charge in [-0.25, -0.2) is 0 Å². The molecule has 1 aromatic carbocycles. The van der Waals surface area contributed by atoms with Crippen molar-refractivity contribution in [1.29, 1.82) is 0 Å². The van der Waals surface area contributed by atoms with E-state index >= 15 is 0 Å². The predicted octanol–water partition coefficient (Wildman–Crippen LogP) is 1.25. The zero-order chi connectivity index (χ0) is 13.1. The molecule has 0 radical (unpaired) electrons. The summed E-state index contributed by atoms with van der Waals surface area (Å²) in [4.78, 5) is 6.19. The quantitative estimate of drug-likeness (QED) is 0.793. The first-order chi connectivity index (χ1) is 8.58. The molecule has 0 bridgehead atoms. The summed E-state index contributed by atoms with van der Waals surface area (Å²) in [7, 11) is 3.92. The molecule has 2 rings (SSSR count). The summed E-state index contributed by atoms with van der Waals surface area (Å²) in [6, 6.07) is 4.61. The van der Waals surface area contributed by atoms with Gasteiger partial charge in [0.05, 0.1) is 5.56 Å². The van der Waals surface area contributed by atoms with Crippen LogP contribution in [0.4, 0.5) is 0 Å². The zero-order valence-corrected chi connectivity index (χ0v) is 10.3. The Morgan fingerprint density at radius 3 is 2.78 bits per heavy atom. The molecule has 0 fully saturated rings. The van der Waals surface area contributed by atoms with E-state index in [1.165, 1.54) is 6.07 Å². The van der Waals surface area contributed by atoms with Crippen molar-refractivity contribution < 1.29 is 14.7 Å². The highest BCUT2D eigenvalue weighted by molar-refractivity contribution is 5.66. The Labute approximate surface area is 104 Å². The van der Waals surface area contributed by atoms with Gasteiger partial charge < -0.3 is 19.6 Å². The SMILES string of the molecule is CN(C)CCc1noc(-c2cccc(O)c2O)n1. The fraction of sp³-hybridized carbons (Fsp3) is 0.333. The number of likely N-dealkylation sites (N-methyl/N-ethyl adjacent to an activating group) is 1. The maximum atomic E-state index is 9.69. The van der Waals surface area contributed by atoms with Crippen LogP contribution in [0.1, 0.15) is 5.82 Å². The number of hydrogen-bond acceptors (Lipinski definition) is 6. The number of hydrogen-bond donors (Lipinski definition) is 2. The van der Waals surface area contributed by atoms with E-state index in [1.54, 1.807) is 12.1 Å². The molecule has 6 heteroatoms. The zero-order valence-electron chi connectivity index (χ0n) is 10.3. The number of phenols is 2. The van der Waals surface area contributed by atoms with Gasteiger partial charge in [0.15, 0.2) is 17.3 Å². The van der Waals surface area contributed by atoms with E-state index in [2.05, 4.69) is 10.1 Å². The minimum atomic E-state index is -0.250. The van der Waals surface area contributed by atoms with Crippen LogP contribution in [-0.4, -0.2) is 45.9 Å². The first kappa shape index (κ1) is 12.4. The summed E-state index contributed by atoms with van der Waals surface area (Å²) < 4.78 is 5.07. The highest BCUT2D eigenvalue weighted by atomic mass is 16.5. The third-order valence-corrected chi connectivity index (χ3v) is 2.50. The molecule has 0 aliphatic rings. The largest absolute Gasteiger partial charge is 0.504 e. The first-order valence-electron chi connectivity index (χ1n) is 5.56. The number of para-hydroxylation sites is 1. The number of phenolic OH excluding ortho intramolecular Hbond substituents is 2. The maximum absolute atomic E-state index is 9.69. The summed E-state index contributed by atoms with van der Waals surface area (Å²) in [5.74, 6) is 0.319. The second kappa shape index (κ2) is 5.05. The molecule has 0 saturated heterocycles. The summed E-state index contributed by atoms with van der Waals surface area (Å²) in [5.41, 5.74) is 0.332. The van der Waals surface area contributed by atoms with Gasteiger partial charge >= 0.3 is 0 Å². The molecule has 2 aromatic rings. The molecule has 18 heavy (non-hydrogen) atoms. The van der Waals surface area contributed by atoms with E-state index < -0.39 is 0 Å². The van der Waals surface area contributed by atoms with E-state index in [4.69, 9.17) is 4.52 Å². The third-order valence-electron chi connectivity index (χ3n) is 2.50. The fourth-order valence-corrected chi connectivity index (χ4v) is 1.49. The Bertz CT molecular complexity index is 537. The molecule has 0 unspecified atom stereocenters. The van der Waals surface area contributed by atoms with Crippen LogP contribution in [0.2, 0.25) is 0 Å². The molecule has 96 valence electrons. The standard InChI is InChI=1S/C12H15N3O3/c1-15(2)7-6-10-13-12(18-14-10)8-4-3-5-9(16)11(8)17/h3-5,16-17H,6-7H2,1-2H3. The number of aromatic hydroxyl groups is 2.